The summed E-state index contributed by atoms with van der Waals surface area (Å²) in [5.41, 5.74) is 2.12. The molecule has 2 rings (SSSR count). The Kier molecular flexibility index (Phi) is 4.33. The van der Waals surface area contributed by atoms with Gasteiger partial charge in [-0.1, -0.05) is 12.1 Å². The Bertz CT molecular complexity index is 419. The fourth-order valence-corrected chi connectivity index (χ4v) is 2.30. The molecule has 0 bridgehead atoms. The minimum atomic E-state index is -0.0253. The fourth-order valence-electron chi connectivity index (χ4n) is 2.30. The molecule has 1 heterocycles. The Morgan fingerprint density at radius 3 is 3.11 bits per heavy atom. The lowest BCUT2D eigenvalue weighted by atomic mass is 10.1. The summed E-state index contributed by atoms with van der Waals surface area (Å²) in [6, 6.07) is 8.64. The zero-order valence-corrected chi connectivity index (χ0v) is 11.1. The van der Waals surface area contributed by atoms with Crippen molar-refractivity contribution in [1.29, 1.82) is 0 Å². The first-order chi connectivity index (χ1) is 8.65. The van der Waals surface area contributed by atoms with Crippen molar-refractivity contribution in [3.8, 4) is 0 Å². The highest BCUT2D eigenvalue weighted by atomic mass is 16.1. The van der Waals surface area contributed by atoms with E-state index in [9.17, 15) is 4.79 Å². The summed E-state index contributed by atoms with van der Waals surface area (Å²) >= 11 is 0. The Morgan fingerprint density at radius 1 is 1.56 bits per heavy atom. The molecule has 0 radical (unpaired) electrons. The first-order valence-corrected chi connectivity index (χ1v) is 6.46. The van der Waals surface area contributed by atoms with E-state index in [0.29, 0.717) is 6.04 Å². The zero-order valence-electron chi connectivity index (χ0n) is 11.1. The monoisotopic (exact) mass is 247 g/mol. The van der Waals surface area contributed by atoms with Crippen LogP contribution in [0.1, 0.15) is 19.4 Å². The Balaban J connectivity index is 2.02. The van der Waals surface area contributed by atoms with Crippen LogP contribution in [-0.2, 0) is 11.3 Å². The van der Waals surface area contributed by atoms with Crippen LogP contribution in [0.3, 0.4) is 0 Å². The van der Waals surface area contributed by atoms with E-state index in [-0.39, 0.29) is 5.91 Å². The van der Waals surface area contributed by atoms with E-state index >= 15 is 0 Å². The molecule has 1 aromatic carbocycles. The molecule has 0 spiro atoms. The van der Waals surface area contributed by atoms with Crippen molar-refractivity contribution in [2.45, 2.75) is 26.4 Å². The lowest BCUT2D eigenvalue weighted by molar-refractivity contribution is -0.114. The van der Waals surface area contributed by atoms with E-state index in [0.717, 1.165) is 31.9 Å². The third-order valence-corrected chi connectivity index (χ3v) is 3.27. The number of anilines is 1. The van der Waals surface area contributed by atoms with Crippen LogP contribution in [0.2, 0.25) is 0 Å². The van der Waals surface area contributed by atoms with E-state index in [1.54, 1.807) is 0 Å². The predicted molar refractivity (Wildman–Crippen MR) is 73.5 cm³/mol. The summed E-state index contributed by atoms with van der Waals surface area (Å²) in [6.45, 7) is 7.89. The van der Waals surface area contributed by atoms with Gasteiger partial charge in [-0.2, -0.15) is 0 Å². The highest BCUT2D eigenvalue weighted by Gasteiger charge is 2.17. The molecule has 4 nitrogen and oxygen atoms in total. The molecular formula is C14H21N3O. The molecule has 1 fully saturated rings. The number of rotatable bonds is 3. The number of benzene rings is 1. The maximum atomic E-state index is 11.0. The van der Waals surface area contributed by atoms with Crippen molar-refractivity contribution in [3.63, 3.8) is 0 Å². The van der Waals surface area contributed by atoms with Crippen molar-refractivity contribution in [2.75, 3.05) is 25.0 Å². The smallest absolute Gasteiger partial charge is 0.221 e. The van der Waals surface area contributed by atoms with Gasteiger partial charge in [-0.05, 0) is 24.6 Å². The average Bonchev–Trinajstić information content (AvgIpc) is 2.32. The van der Waals surface area contributed by atoms with Gasteiger partial charge in [0.1, 0.15) is 0 Å². The number of amides is 1. The molecule has 2 N–H and O–H groups in total. The summed E-state index contributed by atoms with van der Waals surface area (Å²) in [6.07, 6.45) is 0. The number of carbonyl (C=O) groups is 1. The van der Waals surface area contributed by atoms with E-state index in [1.807, 2.05) is 12.1 Å². The number of piperazine rings is 1. The Labute approximate surface area is 108 Å². The van der Waals surface area contributed by atoms with Crippen molar-refractivity contribution in [3.05, 3.63) is 29.8 Å². The molecule has 0 aromatic heterocycles. The second kappa shape index (κ2) is 5.98. The second-order valence-corrected chi connectivity index (χ2v) is 4.91. The standard InChI is InChI=1S/C14H21N3O/c1-11-9-15-6-7-17(11)10-13-4-3-5-14(8-13)16-12(2)18/h3-5,8,11,15H,6-7,9-10H2,1-2H3,(H,16,18)/t11-/m0/s1. The summed E-state index contributed by atoms with van der Waals surface area (Å²) < 4.78 is 0. The molecule has 98 valence electrons. The van der Waals surface area contributed by atoms with Gasteiger partial charge in [-0.3, -0.25) is 9.69 Å². The number of carbonyl (C=O) groups excluding carboxylic acids is 1. The molecule has 18 heavy (non-hydrogen) atoms. The predicted octanol–water partition coefficient (Wildman–Crippen LogP) is 1.44. The Hall–Kier alpha value is -1.39. The molecule has 1 aliphatic heterocycles. The molecular weight excluding hydrogens is 226 g/mol. The molecule has 0 aliphatic carbocycles. The molecule has 0 saturated carbocycles. The third-order valence-electron chi connectivity index (χ3n) is 3.27. The molecule has 1 saturated heterocycles. The Morgan fingerprint density at radius 2 is 2.39 bits per heavy atom. The summed E-state index contributed by atoms with van der Waals surface area (Å²) in [4.78, 5) is 13.5. The van der Waals surface area contributed by atoms with Crippen LogP contribution in [0.15, 0.2) is 24.3 Å². The topological polar surface area (TPSA) is 44.4 Å². The van der Waals surface area contributed by atoms with E-state index in [4.69, 9.17) is 0 Å². The van der Waals surface area contributed by atoms with Crippen molar-refractivity contribution >= 4 is 11.6 Å². The molecule has 1 aliphatic rings. The first-order valence-electron chi connectivity index (χ1n) is 6.46. The molecule has 4 heteroatoms. The van der Waals surface area contributed by atoms with Crippen molar-refractivity contribution in [2.24, 2.45) is 0 Å². The SMILES string of the molecule is CC(=O)Nc1cccc(CN2CCNC[C@@H]2C)c1. The fraction of sp³-hybridized carbons (Fsp3) is 0.500. The molecule has 1 aromatic rings. The molecule has 0 unspecified atom stereocenters. The highest BCUT2D eigenvalue weighted by Crippen LogP contribution is 2.14. The highest BCUT2D eigenvalue weighted by molar-refractivity contribution is 5.88. The van der Waals surface area contributed by atoms with Crippen LogP contribution < -0.4 is 10.6 Å². The van der Waals surface area contributed by atoms with Crippen LogP contribution in [0, 0.1) is 0 Å². The van der Waals surface area contributed by atoms with Gasteiger partial charge >= 0.3 is 0 Å². The van der Waals surface area contributed by atoms with Crippen LogP contribution in [0.25, 0.3) is 0 Å². The third kappa shape index (κ3) is 3.55. The maximum absolute atomic E-state index is 11.0. The van der Waals surface area contributed by atoms with Crippen molar-refractivity contribution < 1.29 is 4.79 Å². The molecule has 1 amide bonds. The van der Waals surface area contributed by atoms with Gasteiger partial charge in [0.05, 0.1) is 0 Å². The summed E-state index contributed by atoms with van der Waals surface area (Å²) in [5.74, 6) is -0.0253. The minimum absolute atomic E-state index is 0.0253. The van der Waals surface area contributed by atoms with Crippen LogP contribution in [0.4, 0.5) is 5.69 Å². The van der Waals surface area contributed by atoms with Gasteiger partial charge < -0.3 is 10.6 Å². The average molecular weight is 247 g/mol. The van der Waals surface area contributed by atoms with E-state index in [2.05, 4.69) is 34.6 Å². The molecule has 1 atom stereocenters. The quantitative estimate of drug-likeness (QED) is 0.849. The lowest BCUT2D eigenvalue weighted by Gasteiger charge is -2.33. The van der Waals surface area contributed by atoms with Crippen molar-refractivity contribution in [1.82, 2.24) is 10.2 Å². The van der Waals surface area contributed by atoms with Gasteiger partial charge in [-0.25, -0.2) is 0 Å². The summed E-state index contributed by atoms with van der Waals surface area (Å²) in [5, 5.41) is 6.21. The van der Waals surface area contributed by atoms with Crippen LogP contribution in [-0.4, -0.2) is 36.5 Å². The van der Waals surface area contributed by atoms with E-state index < -0.39 is 0 Å². The van der Waals surface area contributed by atoms with E-state index in [1.165, 1.54) is 12.5 Å². The van der Waals surface area contributed by atoms with Gasteiger partial charge in [-0.15, -0.1) is 0 Å². The second-order valence-electron chi connectivity index (χ2n) is 4.91. The first kappa shape index (κ1) is 13.1. The maximum Gasteiger partial charge on any atom is 0.221 e. The van der Waals surface area contributed by atoms with Gasteiger partial charge in [0.2, 0.25) is 5.91 Å². The number of hydrogen-bond acceptors (Lipinski definition) is 3. The zero-order chi connectivity index (χ0) is 13.0. The van der Waals surface area contributed by atoms with Gasteiger partial charge in [0.15, 0.2) is 0 Å². The number of hydrogen-bond donors (Lipinski definition) is 2. The number of nitrogens with one attached hydrogen (secondary N) is 2. The summed E-state index contributed by atoms with van der Waals surface area (Å²) in [7, 11) is 0. The van der Waals surface area contributed by atoms with Gasteiger partial charge in [0.25, 0.3) is 0 Å². The minimum Gasteiger partial charge on any atom is -0.326 e. The lowest BCUT2D eigenvalue weighted by Crippen LogP contribution is -2.49. The van der Waals surface area contributed by atoms with Crippen LogP contribution >= 0.6 is 0 Å². The van der Waals surface area contributed by atoms with Crippen LogP contribution in [0.5, 0.6) is 0 Å². The normalized spacial score (nSPS) is 20.7. The number of nitrogens with zero attached hydrogens (tertiary/aromatic N) is 1. The van der Waals surface area contributed by atoms with Gasteiger partial charge in [0, 0.05) is 44.8 Å². The largest absolute Gasteiger partial charge is 0.326 e.